The molecule has 0 saturated carbocycles. The van der Waals surface area contributed by atoms with Crippen LogP contribution in [0.2, 0.25) is 0 Å². The SMILES string of the molecule is CC(C)C(=O)N1CCC(C(=O)Nc2n[nH]c(-c3ccc4ccccc4n3)n2)CC1. The van der Waals surface area contributed by atoms with Crippen LogP contribution in [0.15, 0.2) is 36.4 Å². The van der Waals surface area contributed by atoms with Crippen LogP contribution in [-0.4, -0.2) is 50.0 Å². The van der Waals surface area contributed by atoms with Gasteiger partial charge in [-0.2, -0.15) is 4.98 Å². The number of nitrogens with zero attached hydrogens (tertiary/aromatic N) is 4. The van der Waals surface area contributed by atoms with Gasteiger partial charge in [-0.15, -0.1) is 5.10 Å². The molecule has 1 aliphatic rings. The van der Waals surface area contributed by atoms with Crippen LogP contribution < -0.4 is 5.32 Å². The van der Waals surface area contributed by atoms with Crippen LogP contribution in [-0.2, 0) is 9.59 Å². The number of piperidine rings is 1. The van der Waals surface area contributed by atoms with Gasteiger partial charge < -0.3 is 4.90 Å². The summed E-state index contributed by atoms with van der Waals surface area (Å²) in [5, 5.41) is 10.8. The summed E-state index contributed by atoms with van der Waals surface area (Å²) in [6, 6.07) is 11.7. The highest BCUT2D eigenvalue weighted by molar-refractivity contribution is 5.91. The number of amides is 2. The minimum absolute atomic E-state index is 0.0178. The molecule has 0 unspecified atom stereocenters. The third-order valence-electron chi connectivity index (χ3n) is 5.23. The molecule has 150 valence electrons. The van der Waals surface area contributed by atoms with Gasteiger partial charge >= 0.3 is 0 Å². The summed E-state index contributed by atoms with van der Waals surface area (Å²) in [4.78, 5) is 35.4. The lowest BCUT2D eigenvalue weighted by molar-refractivity contribution is -0.137. The quantitative estimate of drug-likeness (QED) is 0.710. The average molecular weight is 392 g/mol. The number of fused-ring (bicyclic) bond motifs is 1. The number of hydrogen-bond acceptors (Lipinski definition) is 5. The number of aromatic amines is 1. The molecule has 8 heteroatoms. The van der Waals surface area contributed by atoms with E-state index >= 15 is 0 Å². The molecular formula is C21H24N6O2. The fourth-order valence-electron chi connectivity index (χ4n) is 3.57. The van der Waals surface area contributed by atoms with Crippen molar-refractivity contribution in [3.63, 3.8) is 0 Å². The third kappa shape index (κ3) is 4.11. The number of pyridine rings is 1. The van der Waals surface area contributed by atoms with E-state index in [4.69, 9.17) is 0 Å². The molecule has 2 aromatic heterocycles. The number of anilines is 1. The molecule has 2 amide bonds. The molecule has 0 atom stereocenters. The topological polar surface area (TPSA) is 104 Å². The number of rotatable bonds is 4. The number of hydrogen-bond donors (Lipinski definition) is 2. The second-order valence-electron chi connectivity index (χ2n) is 7.64. The molecule has 1 aliphatic heterocycles. The van der Waals surface area contributed by atoms with Crippen LogP contribution in [0.3, 0.4) is 0 Å². The maximum absolute atomic E-state index is 12.6. The van der Waals surface area contributed by atoms with Crippen molar-refractivity contribution in [2.75, 3.05) is 18.4 Å². The Morgan fingerprint density at radius 2 is 1.86 bits per heavy atom. The monoisotopic (exact) mass is 392 g/mol. The van der Waals surface area contributed by atoms with Gasteiger partial charge in [0.15, 0.2) is 5.82 Å². The smallest absolute Gasteiger partial charge is 0.249 e. The van der Waals surface area contributed by atoms with Gasteiger partial charge in [-0.05, 0) is 25.0 Å². The van der Waals surface area contributed by atoms with E-state index in [9.17, 15) is 9.59 Å². The van der Waals surface area contributed by atoms with E-state index in [1.807, 2.05) is 55.1 Å². The van der Waals surface area contributed by atoms with Crippen molar-refractivity contribution in [2.24, 2.45) is 11.8 Å². The molecule has 8 nitrogen and oxygen atoms in total. The number of H-pyrrole nitrogens is 1. The predicted octanol–water partition coefficient (Wildman–Crippen LogP) is 2.85. The van der Waals surface area contributed by atoms with E-state index in [2.05, 4.69) is 25.5 Å². The third-order valence-corrected chi connectivity index (χ3v) is 5.23. The second kappa shape index (κ2) is 7.98. The number of likely N-dealkylation sites (tertiary alicyclic amines) is 1. The fourth-order valence-corrected chi connectivity index (χ4v) is 3.57. The fraction of sp³-hybridized carbons (Fsp3) is 0.381. The molecule has 0 bridgehead atoms. The van der Waals surface area contributed by atoms with Crippen molar-refractivity contribution in [1.29, 1.82) is 0 Å². The standard InChI is InChI=1S/C21H24N6O2/c1-13(2)20(29)27-11-9-15(10-12-27)19(28)24-21-23-18(25-26-21)17-8-7-14-5-3-4-6-16(14)22-17/h3-8,13,15H,9-12H2,1-2H3,(H2,23,24,25,26,28). The van der Waals surface area contributed by atoms with Gasteiger partial charge in [0, 0.05) is 30.3 Å². The van der Waals surface area contributed by atoms with E-state index in [0.717, 1.165) is 10.9 Å². The number of benzene rings is 1. The Bertz CT molecular complexity index is 1040. The van der Waals surface area contributed by atoms with Gasteiger partial charge in [-0.1, -0.05) is 38.1 Å². The van der Waals surface area contributed by atoms with Crippen molar-refractivity contribution in [3.8, 4) is 11.5 Å². The largest absolute Gasteiger partial charge is 0.342 e. The number of nitrogens with one attached hydrogen (secondary N) is 2. The Kier molecular flexibility index (Phi) is 5.24. The summed E-state index contributed by atoms with van der Waals surface area (Å²) >= 11 is 0. The minimum atomic E-state index is -0.146. The summed E-state index contributed by atoms with van der Waals surface area (Å²) in [5.74, 6) is 0.607. The Morgan fingerprint density at radius 1 is 1.10 bits per heavy atom. The molecule has 1 fully saturated rings. The average Bonchev–Trinajstić information content (AvgIpc) is 3.21. The van der Waals surface area contributed by atoms with E-state index in [-0.39, 0.29) is 29.6 Å². The Morgan fingerprint density at radius 3 is 2.62 bits per heavy atom. The highest BCUT2D eigenvalue weighted by atomic mass is 16.2. The first-order chi connectivity index (χ1) is 14.0. The van der Waals surface area contributed by atoms with Crippen LogP contribution >= 0.6 is 0 Å². The van der Waals surface area contributed by atoms with Crippen molar-refractivity contribution < 1.29 is 9.59 Å². The lowest BCUT2D eigenvalue weighted by atomic mass is 9.95. The van der Waals surface area contributed by atoms with Crippen molar-refractivity contribution in [1.82, 2.24) is 25.1 Å². The van der Waals surface area contributed by atoms with E-state index in [1.165, 1.54) is 0 Å². The first-order valence-electron chi connectivity index (χ1n) is 9.89. The molecule has 4 rings (SSSR count). The zero-order valence-electron chi connectivity index (χ0n) is 16.6. The van der Waals surface area contributed by atoms with Crippen LogP contribution in [0.4, 0.5) is 5.95 Å². The van der Waals surface area contributed by atoms with Crippen molar-refractivity contribution >= 4 is 28.7 Å². The van der Waals surface area contributed by atoms with Gasteiger partial charge in [-0.25, -0.2) is 4.98 Å². The Labute approximate surface area is 168 Å². The summed E-state index contributed by atoms with van der Waals surface area (Å²) in [6.45, 7) is 5.00. The van der Waals surface area contributed by atoms with E-state index < -0.39 is 0 Å². The second-order valence-corrected chi connectivity index (χ2v) is 7.64. The molecule has 1 saturated heterocycles. The summed E-state index contributed by atoms with van der Waals surface area (Å²) in [7, 11) is 0. The van der Waals surface area contributed by atoms with E-state index in [1.54, 1.807) is 0 Å². The minimum Gasteiger partial charge on any atom is -0.342 e. The molecule has 0 aliphatic carbocycles. The molecule has 0 spiro atoms. The Balaban J connectivity index is 1.39. The number of para-hydroxylation sites is 1. The maximum Gasteiger partial charge on any atom is 0.249 e. The number of aromatic nitrogens is 4. The normalized spacial score (nSPS) is 15.1. The predicted molar refractivity (Wildman–Crippen MR) is 110 cm³/mol. The number of carbonyl (C=O) groups excluding carboxylic acids is 2. The van der Waals surface area contributed by atoms with Crippen molar-refractivity contribution in [2.45, 2.75) is 26.7 Å². The van der Waals surface area contributed by atoms with E-state index in [0.29, 0.717) is 37.4 Å². The Hall–Kier alpha value is -3.29. The lowest BCUT2D eigenvalue weighted by Crippen LogP contribution is -2.43. The van der Waals surface area contributed by atoms with Crippen molar-refractivity contribution in [3.05, 3.63) is 36.4 Å². The van der Waals surface area contributed by atoms with Crippen LogP contribution in [0.5, 0.6) is 0 Å². The molecular weight excluding hydrogens is 368 g/mol. The van der Waals surface area contributed by atoms with Crippen LogP contribution in [0.25, 0.3) is 22.4 Å². The van der Waals surface area contributed by atoms with Crippen LogP contribution in [0, 0.1) is 11.8 Å². The first kappa shape index (κ1) is 19.0. The maximum atomic E-state index is 12.6. The summed E-state index contributed by atoms with van der Waals surface area (Å²) < 4.78 is 0. The molecule has 3 aromatic rings. The van der Waals surface area contributed by atoms with Gasteiger partial charge in [0.05, 0.1) is 5.52 Å². The van der Waals surface area contributed by atoms with Gasteiger partial charge in [0.2, 0.25) is 17.8 Å². The van der Waals surface area contributed by atoms with Crippen LogP contribution in [0.1, 0.15) is 26.7 Å². The highest BCUT2D eigenvalue weighted by Gasteiger charge is 2.28. The zero-order chi connectivity index (χ0) is 20.4. The van der Waals surface area contributed by atoms with Gasteiger partial charge in [0.1, 0.15) is 5.69 Å². The van der Waals surface area contributed by atoms with Gasteiger partial charge in [0.25, 0.3) is 0 Å². The lowest BCUT2D eigenvalue weighted by Gasteiger charge is -2.32. The first-order valence-corrected chi connectivity index (χ1v) is 9.89. The molecule has 1 aromatic carbocycles. The van der Waals surface area contributed by atoms with Gasteiger partial charge in [-0.3, -0.25) is 20.0 Å². The number of carbonyl (C=O) groups is 2. The molecule has 2 N–H and O–H groups in total. The highest BCUT2D eigenvalue weighted by Crippen LogP contribution is 2.22. The zero-order valence-corrected chi connectivity index (χ0v) is 16.6. The summed E-state index contributed by atoms with van der Waals surface area (Å²) in [5.41, 5.74) is 1.53. The molecule has 29 heavy (non-hydrogen) atoms. The summed E-state index contributed by atoms with van der Waals surface area (Å²) in [6.07, 6.45) is 1.29. The molecule has 0 radical (unpaired) electrons. The molecule has 3 heterocycles.